The van der Waals surface area contributed by atoms with Crippen LogP contribution in [0.25, 0.3) is 0 Å². The molecule has 0 aliphatic heterocycles. The molecule has 2 rings (SSSR count). The Labute approximate surface area is 219 Å². The number of benzene rings is 2. The molecule has 0 aliphatic rings. The summed E-state index contributed by atoms with van der Waals surface area (Å²) in [6.07, 6.45) is 0.771. The molecule has 0 heterocycles. The van der Waals surface area contributed by atoms with Crippen LogP contribution in [-0.2, 0) is 36.4 Å². The topological polar surface area (TPSA) is 135 Å². The van der Waals surface area contributed by atoms with E-state index in [9.17, 15) is 19.3 Å². The molecule has 10 nitrogen and oxygen atoms in total. The third-order valence-electron chi connectivity index (χ3n) is 4.86. The van der Waals surface area contributed by atoms with E-state index in [-0.39, 0.29) is 13.0 Å². The lowest BCUT2D eigenvalue weighted by Gasteiger charge is -2.23. The summed E-state index contributed by atoms with van der Waals surface area (Å²) in [6, 6.07) is 14.7. The van der Waals surface area contributed by atoms with Crippen molar-refractivity contribution >= 4 is 35.6 Å². The summed E-state index contributed by atoms with van der Waals surface area (Å²) in [5, 5.41) is 11.9. The molecule has 4 N–H and O–H groups in total. The minimum atomic E-state index is -3.68. The van der Waals surface area contributed by atoms with Crippen molar-refractivity contribution in [1.82, 2.24) is 16.3 Å². The van der Waals surface area contributed by atoms with Crippen molar-refractivity contribution in [2.75, 3.05) is 13.1 Å². The highest BCUT2D eigenvalue weighted by molar-refractivity contribution is 9.10. The molecule has 0 aliphatic carbocycles. The van der Waals surface area contributed by atoms with Crippen LogP contribution in [0.3, 0.4) is 0 Å². The fraction of sp³-hybridized carbons (Fsp3) is 0.417. The van der Waals surface area contributed by atoms with E-state index in [1.165, 1.54) is 0 Å². The van der Waals surface area contributed by atoms with Crippen molar-refractivity contribution < 1.29 is 33.2 Å². The highest BCUT2D eigenvalue weighted by atomic mass is 79.9. The molecule has 198 valence electrons. The number of hydroxylamine groups is 2. The molecule has 36 heavy (non-hydrogen) atoms. The van der Waals surface area contributed by atoms with Crippen LogP contribution in [0.2, 0.25) is 0 Å². The second-order valence-electron chi connectivity index (χ2n) is 7.89. The van der Waals surface area contributed by atoms with Gasteiger partial charge in [-0.1, -0.05) is 84.4 Å². The normalized spacial score (nSPS) is 13.1. The number of nitrogens with one attached hydrogen (secondary N) is 3. The zero-order chi connectivity index (χ0) is 26.4. The van der Waals surface area contributed by atoms with Gasteiger partial charge in [-0.25, -0.2) is 18.8 Å². The van der Waals surface area contributed by atoms with Gasteiger partial charge in [0.1, 0.15) is 17.2 Å². The summed E-state index contributed by atoms with van der Waals surface area (Å²) in [5.41, 5.74) is 7.39. The Morgan fingerprint density at radius 3 is 2.06 bits per heavy atom. The molecule has 2 atom stereocenters. The van der Waals surface area contributed by atoms with Gasteiger partial charge in [0.05, 0.1) is 0 Å². The summed E-state index contributed by atoms with van der Waals surface area (Å²) < 4.78 is 28.5. The maximum Gasteiger partial charge on any atom is 0.408 e. The second kappa shape index (κ2) is 15.8. The number of carboxylic acid groups (broad SMARTS) is 1. The van der Waals surface area contributed by atoms with Crippen LogP contribution in [0.1, 0.15) is 47.9 Å². The summed E-state index contributed by atoms with van der Waals surface area (Å²) in [4.78, 5) is 23.8. The molecule has 0 spiro atoms. The number of alkyl halides is 1. The number of carboxylic acids is 1. The fourth-order valence-corrected chi connectivity index (χ4v) is 5.03. The minimum Gasteiger partial charge on any atom is -0.480 e. The number of ether oxygens (including phenoxy) is 1. The number of carbonyl (C=O) groups excluding carboxylic acids is 1. The first-order chi connectivity index (χ1) is 17.3. The van der Waals surface area contributed by atoms with Crippen molar-refractivity contribution in [2.45, 2.75) is 50.3 Å². The molecule has 0 saturated heterocycles. The number of hydrogen-bond acceptors (Lipinski definition) is 8. The zero-order valence-electron chi connectivity index (χ0n) is 20.3. The maximum atomic E-state index is 13.3. The van der Waals surface area contributed by atoms with Crippen molar-refractivity contribution in [1.29, 1.82) is 0 Å². The lowest BCUT2D eigenvalue weighted by atomic mass is 10.0. The van der Waals surface area contributed by atoms with Crippen LogP contribution in [0.15, 0.2) is 54.6 Å². The van der Waals surface area contributed by atoms with Crippen LogP contribution >= 0.6 is 23.5 Å². The van der Waals surface area contributed by atoms with Crippen molar-refractivity contribution in [3.63, 3.8) is 0 Å². The standard InChI is InChI=1S/C24H33BrN3O7P/c1-3-14-26-34-36(32,35-27-15-4-2)22(25)20-12-10-18(11-13-20)16-21(23(29)30)28-24(31)33-17-19-8-6-5-7-9-19/h5-13,21-22,26-27H,3-4,14-17H2,1-2H3,(H,28,31)(H,29,30). The van der Waals surface area contributed by atoms with Gasteiger partial charge in [0.2, 0.25) is 0 Å². The molecular weight excluding hydrogens is 553 g/mol. The molecule has 0 bridgehead atoms. The molecule has 2 aromatic carbocycles. The summed E-state index contributed by atoms with van der Waals surface area (Å²) >= 11 is 3.42. The average molecular weight is 586 g/mol. The Balaban J connectivity index is 2.01. The zero-order valence-corrected chi connectivity index (χ0v) is 22.8. The molecule has 0 radical (unpaired) electrons. The first-order valence-electron chi connectivity index (χ1n) is 11.6. The van der Waals surface area contributed by atoms with Crippen LogP contribution in [0.5, 0.6) is 0 Å². The number of amides is 1. The molecule has 0 aromatic heterocycles. The first kappa shape index (κ1) is 30.0. The van der Waals surface area contributed by atoms with Crippen molar-refractivity contribution in [3.05, 3.63) is 71.3 Å². The van der Waals surface area contributed by atoms with Gasteiger partial charge in [-0.15, -0.1) is 0 Å². The van der Waals surface area contributed by atoms with E-state index in [1.807, 2.05) is 32.0 Å². The lowest BCUT2D eigenvalue weighted by Crippen LogP contribution is -2.42. The monoisotopic (exact) mass is 585 g/mol. The molecule has 12 heteroatoms. The second-order valence-corrected chi connectivity index (χ2v) is 11.5. The van der Waals surface area contributed by atoms with Crippen molar-refractivity contribution in [3.8, 4) is 0 Å². The predicted octanol–water partition coefficient (Wildman–Crippen LogP) is 5.06. The van der Waals surface area contributed by atoms with Gasteiger partial charge in [0.15, 0.2) is 0 Å². The van der Waals surface area contributed by atoms with Gasteiger partial charge in [-0.3, -0.25) is 4.57 Å². The summed E-state index contributed by atoms with van der Waals surface area (Å²) in [7, 11) is -3.68. The third-order valence-corrected chi connectivity index (χ3v) is 8.52. The Hall–Kier alpha value is -2.27. The summed E-state index contributed by atoms with van der Waals surface area (Å²) in [6.45, 7) is 4.92. The molecule has 0 saturated carbocycles. The molecule has 2 unspecified atom stereocenters. The van der Waals surface area contributed by atoms with E-state index in [1.54, 1.807) is 36.4 Å². The van der Waals surface area contributed by atoms with E-state index in [4.69, 9.17) is 14.0 Å². The van der Waals surface area contributed by atoms with Gasteiger partial charge in [0.25, 0.3) is 0 Å². The summed E-state index contributed by atoms with van der Waals surface area (Å²) in [5.74, 6) is -1.19. The van der Waals surface area contributed by atoms with Gasteiger partial charge in [-0.2, -0.15) is 11.0 Å². The number of aliphatic carboxylic acids is 1. The van der Waals surface area contributed by atoms with E-state index in [0.717, 1.165) is 18.4 Å². The number of halogens is 1. The lowest BCUT2D eigenvalue weighted by molar-refractivity contribution is -0.139. The third kappa shape index (κ3) is 10.0. The van der Waals surface area contributed by atoms with E-state index in [2.05, 4.69) is 32.2 Å². The highest BCUT2D eigenvalue weighted by Gasteiger charge is 2.37. The Kier molecular flexibility index (Phi) is 13.1. The van der Waals surface area contributed by atoms with E-state index >= 15 is 0 Å². The molecule has 1 amide bonds. The quantitative estimate of drug-likeness (QED) is 0.0922. The van der Waals surface area contributed by atoms with Gasteiger partial charge in [-0.05, 0) is 29.5 Å². The van der Waals surface area contributed by atoms with E-state index < -0.39 is 30.3 Å². The number of carbonyl (C=O) groups is 2. The molecular formula is C24H33BrN3O7P. The van der Waals surface area contributed by atoms with Gasteiger partial charge < -0.3 is 15.2 Å². The Morgan fingerprint density at radius 1 is 0.944 bits per heavy atom. The average Bonchev–Trinajstić information content (AvgIpc) is 2.88. The largest absolute Gasteiger partial charge is 0.480 e. The van der Waals surface area contributed by atoms with Crippen LogP contribution in [0, 0.1) is 0 Å². The van der Waals surface area contributed by atoms with Gasteiger partial charge in [0, 0.05) is 19.5 Å². The Bertz CT molecular complexity index is 981. The van der Waals surface area contributed by atoms with Crippen LogP contribution in [0.4, 0.5) is 4.79 Å². The van der Waals surface area contributed by atoms with E-state index in [0.29, 0.717) is 24.2 Å². The SMILES string of the molecule is CCCNOP(=O)(ONCCC)C(Br)c1ccc(CC(NC(=O)OCc2ccccc2)C(=O)O)cc1. The number of hydrogen-bond donors (Lipinski definition) is 4. The molecule has 0 fully saturated rings. The van der Waals surface area contributed by atoms with Crippen molar-refractivity contribution in [2.24, 2.45) is 0 Å². The number of alkyl carbamates (subject to hydrolysis) is 1. The van der Waals surface area contributed by atoms with Crippen LogP contribution in [-0.4, -0.2) is 36.3 Å². The minimum absolute atomic E-state index is 0.0315. The molecule has 2 aromatic rings. The number of rotatable bonds is 16. The fourth-order valence-electron chi connectivity index (χ4n) is 2.92. The van der Waals surface area contributed by atoms with Crippen LogP contribution < -0.4 is 16.3 Å². The highest BCUT2D eigenvalue weighted by Crippen LogP contribution is 2.62. The smallest absolute Gasteiger partial charge is 0.408 e. The van der Waals surface area contributed by atoms with Gasteiger partial charge >= 0.3 is 19.7 Å². The Morgan fingerprint density at radius 2 is 1.53 bits per heavy atom. The first-order valence-corrected chi connectivity index (χ1v) is 14.2. The predicted molar refractivity (Wildman–Crippen MR) is 139 cm³/mol. The maximum absolute atomic E-state index is 13.3.